The first kappa shape index (κ1) is 15.9. The molecule has 1 atom stereocenters. The second-order valence-corrected chi connectivity index (χ2v) is 6.80. The molecule has 0 N–H and O–H groups in total. The molecular weight excluding hydrogens is 289 g/mol. The molecule has 2 rings (SSSR count). The zero-order chi connectivity index (χ0) is 14.8. The molecule has 1 aliphatic rings. The van der Waals surface area contributed by atoms with Crippen LogP contribution in [0.3, 0.4) is 0 Å². The molecule has 0 aromatic heterocycles. The number of likely N-dealkylation sites (N-methyl/N-ethyl adjacent to an activating group) is 1. The summed E-state index contributed by atoms with van der Waals surface area (Å²) < 4.78 is 0. The predicted molar refractivity (Wildman–Crippen MR) is 88.9 cm³/mol. The first-order chi connectivity index (χ1) is 9.51. The van der Waals surface area contributed by atoms with Crippen molar-refractivity contribution in [3.05, 3.63) is 46.5 Å². The lowest BCUT2D eigenvalue weighted by Gasteiger charge is -2.51. The first-order valence-electron chi connectivity index (χ1n) is 7.24. The van der Waals surface area contributed by atoms with Crippen LogP contribution in [0.25, 0.3) is 0 Å². The highest BCUT2D eigenvalue weighted by Gasteiger charge is 2.46. The van der Waals surface area contributed by atoms with Crippen LogP contribution in [0.4, 0.5) is 0 Å². The van der Waals surface area contributed by atoms with Crippen molar-refractivity contribution >= 4 is 23.2 Å². The van der Waals surface area contributed by atoms with Gasteiger partial charge in [0.1, 0.15) is 0 Å². The Balaban J connectivity index is 2.35. The summed E-state index contributed by atoms with van der Waals surface area (Å²) in [6.45, 7) is 3.86. The largest absolute Gasteiger partial charge is 0.306 e. The minimum Gasteiger partial charge on any atom is -0.306 e. The molecule has 1 aliphatic carbocycles. The number of hydrogen-bond acceptors (Lipinski definition) is 1. The van der Waals surface area contributed by atoms with Gasteiger partial charge in [-0.25, -0.2) is 0 Å². The Morgan fingerprint density at radius 3 is 2.45 bits per heavy atom. The molecule has 110 valence electrons. The Morgan fingerprint density at radius 2 is 2.00 bits per heavy atom. The van der Waals surface area contributed by atoms with Crippen molar-refractivity contribution in [3.8, 4) is 0 Å². The molecule has 0 aliphatic heterocycles. The van der Waals surface area contributed by atoms with Crippen LogP contribution in [0.1, 0.15) is 37.7 Å². The van der Waals surface area contributed by atoms with E-state index in [9.17, 15) is 0 Å². The van der Waals surface area contributed by atoms with E-state index in [2.05, 4.69) is 37.7 Å². The molecule has 0 radical (unpaired) electrons. The van der Waals surface area contributed by atoms with Crippen molar-refractivity contribution < 1.29 is 0 Å². The summed E-state index contributed by atoms with van der Waals surface area (Å²) in [5.41, 5.74) is 1.56. The average Bonchev–Trinajstić information content (AvgIpc) is 2.35. The van der Waals surface area contributed by atoms with Gasteiger partial charge in [-0.05, 0) is 57.5 Å². The SMILES string of the molecule is C=CCCC(N(C)C)C1(c2ccc(Cl)c(Cl)c2)CCC1. The number of hydrogen-bond donors (Lipinski definition) is 0. The zero-order valence-electron chi connectivity index (χ0n) is 12.3. The molecule has 1 fully saturated rings. The molecule has 0 heterocycles. The maximum Gasteiger partial charge on any atom is 0.0595 e. The molecule has 1 saturated carbocycles. The predicted octanol–water partition coefficient (Wildman–Crippen LogP) is 5.31. The standard InChI is InChI=1S/C17H23Cl2N/c1-4-5-7-16(20(2)3)17(10-6-11-17)13-8-9-14(18)15(19)12-13/h4,8-9,12,16H,1,5-7,10-11H2,2-3H3. The summed E-state index contributed by atoms with van der Waals surface area (Å²) in [7, 11) is 4.34. The van der Waals surface area contributed by atoms with E-state index in [-0.39, 0.29) is 5.41 Å². The first-order valence-corrected chi connectivity index (χ1v) is 8.00. The summed E-state index contributed by atoms with van der Waals surface area (Å²) in [6, 6.07) is 6.66. The second kappa shape index (κ2) is 6.51. The summed E-state index contributed by atoms with van der Waals surface area (Å²) in [6.07, 6.45) is 7.94. The van der Waals surface area contributed by atoms with E-state index < -0.39 is 0 Å². The van der Waals surface area contributed by atoms with Crippen LogP contribution < -0.4 is 0 Å². The fraction of sp³-hybridized carbons (Fsp3) is 0.529. The van der Waals surface area contributed by atoms with Crippen LogP contribution in [0.15, 0.2) is 30.9 Å². The van der Waals surface area contributed by atoms with Crippen LogP contribution in [0, 0.1) is 0 Å². The van der Waals surface area contributed by atoms with Gasteiger partial charge in [0.15, 0.2) is 0 Å². The molecule has 3 heteroatoms. The molecule has 1 aromatic rings. The number of rotatable bonds is 6. The van der Waals surface area contributed by atoms with Crippen LogP contribution in [-0.4, -0.2) is 25.0 Å². The smallest absolute Gasteiger partial charge is 0.0595 e. The van der Waals surface area contributed by atoms with E-state index >= 15 is 0 Å². The third-order valence-corrected chi connectivity index (χ3v) is 5.38. The summed E-state index contributed by atoms with van der Waals surface area (Å²) in [4.78, 5) is 2.35. The molecular formula is C17H23Cl2N. The highest BCUT2D eigenvalue weighted by atomic mass is 35.5. The van der Waals surface area contributed by atoms with Gasteiger partial charge >= 0.3 is 0 Å². The Bertz CT molecular complexity index is 478. The number of benzene rings is 1. The van der Waals surface area contributed by atoms with E-state index in [0.29, 0.717) is 16.1 Å². The van der Waals surface area contributed by atoms with E-state index in [4.69, 9.17) is 23.2 Å². The highest BCUT2D eigenvalue weighted by Crippen LogP contribution is 2.49. The van der Waals surface area contributed by atoms with Crippen molar-refractivity contribution in [1.82, 2.24) is 4.90 Å². The third kappa shape index (κ3) is 2.90. The van der Waals surface area contributed by atoms with Gasteiger partial charge in [0.05, 0.1) is 10.0 Å². The molecule has 0 saturated heterocycles. The molecule has 1 unspecified atom stereocenters. The van der Waals surface area contributed by atoms with Crippen LogP contribution in [0.5, 0.6) is 0 Å². The minimum atomic E-state index is 0.223. The van der Waals surface area contributed by atoms with Crippen LogP contribution >= 0.6 is 23.2 Å². The minimum absolute atomic E-state index is 0.223. The molecule has 0 amide bonds. The van der Waals surface area contributed by atoms with E-state index in [1.54, 1.807) is 0 Å². The van der Waals surface area contributed by atoms with Gasteiger partial charge in [0.2, 0.25) is 0 Å². The van der Waals surface area contributed by atoms with Crippen molar-refractivity contribution in [3.63, 3.8) is 0 Å². The van der Waals surface area contributed by atoms with E-state index in [1.807, 2.05) is 12.1 Å². The van der Waals surface area contributed by atoms with Gasteiger partial charge in [-0.15, -0.1) is 6.58 Å². The summed E-state index contributed by atoms with van der Waals surface area (Å²) in [5, 5.41) is 1.30. The molecule has 0 spiro atoms. The number of halogens is 2. The van der Waals surface area contributed by atoms with Crippen LogP contribution in [0.2, 0.25) is 10.0 Å². The van der Waals surface area contributed by atoms with Crippen molar-refractivity contribution in [1.29, 1.82) is 0 Å². The van der Waals surface area contributed by atoms with Crippen LogP contribution in [-0.2, 0) is 5.41 Å². The lowest BCUT2D eigenvalue weighted by Crippen LogP contribution is -2.52. The molecule has 20 heavy (non-hydrogen) atoms. The average molecular weight is 312 g/mol. The third-order valence-electron chi connectivity index (χ3n) is 4.65. The van der Waals surface area contributed by atoms with Crippen molar-refractivity contribution in [2.75, 3.05) is 14.1 Å². The molecule has 0 bridgehead atoms. The molecule has 1 nitrogen and oxygen atoms in total. The van der Waals surface area contributed by atoms with Crippen molar-refractivity contribution in [2.45, 2.75) is 43.6 Å². The van der Waals surface area contributed by atoms with Gasteiger partial charge in [0, 0.05) is 11.5 Å². The summed E-state index contributed by atoms with van der Waals surface area (Å²) >= 11 is 12.3. The number of allylic oxidation sites excluding steroid dienone is 1. The summed E-state index contributed by atoms with van der Waals surface area (Å²) in [5.74, 6) is 0. The maximum absolute atomic E-state index is 6.23. The highest BCUT2D eigenvalue weighted by molar-refractivity contribution is 6.42. The molecule has 1 aromatic carbocycles. The second-order valence-electron chi connectivity index (χ2n) is 5.98. The fourth-order valence-corrected chi connectivity index (χ4v) is 3.78. The Labute approximate surface area is 132 Å². The van der Waals surface area contributed by atoms with Gasteiger partial charge in [-0.2, -0.15) is 0 Å². The van der Waals surface area contributed by atoms with Gasteiger partial charge < -0.3 is 4.90 Å². The van der Waals surface area contributed by atoms with Gasteiger partial charge in [-0.3, -0.25) is 0 Å². The van der Waals surface area contributed by atoms with E-state index in [0.717, 1.165) is 12.8 Å². The maximum atomic E-state index is 6.23. The fourth-order valence-electron chi connectivity index (χ4n) is 3.48. The monoisotopic (exact) mass is 311 g/mol. The van der Waals surface area contributed by atoms with Gasteiger partial charge in [-0.1, -0.05) is 41.8 Å². The lowest BCUT2D eigenvalue weighted by atomic mass is 9.59. The Kier molecular flexibility index (Phi) is 5.17. The van der Waals surface area contributed by atoms with Gasteiger partial charge in [0.25, 0.3) is 0 Å². The quantitative estimate of drug-likeness (QED) is 0.643. The topological polar surface area (TPSA) is 3.24 Å². The van der Waals surface area contributed by atoms with E-state index in [1.165, 1.54) is 24.8 Å². The normalized spacial score (nSPS) is 18.6. The van der Waals surface area contributed by atoms with Crippen molar-refractivity contribution in [2.24, 2.45) is 0 Å². The Morgan fingerprint density at radius 1 is 1.30 bits per heavy atom. The Hall–Kier alpha value is -0.500. The zero-order valence-corrected chi connectivity index (χ0v) is 13.8. The number of nitrogens with zero attached hydrogens (tertiary/aromatic N) is 1. The lowest BCUT2D eigenvalue weighted by molar-refractivity contribution is 0.0908.